The predicted molar refractivity (Wildman–Crippen MR) is 130 cm³/mol. The van der Waals surface area contributed by atoms with E-state index in [9.17, 15) is 4.39 Å². The van der Waals surface area contributed by atoms with Crippen LogP contribution in [0.5, 0.6) is 0 Å². The Morgan fingerprint density at radius 1 is 0.656 bits per heavy atom. The summed E-state index contributed by atoms with van der Waals surface area (Å²) in [6, 6.07) is 20.9. The van der Waals surface area contributed by atoms with Crippen LogP contribution in [0.15, 0.2) is 72.8 Å². The number of anilines is 6. The Morgan fingerprint density at radius 3 is 1.88 bits per heavy atom. The lowest BCUT2D eigenvalue weighted by Crippen LogP contribution is -2.10. The molecule has 0 unspecified atom stereocenters. The standard InChI is InChI=1S/C21H19FN8.2ClH/c22-14-9-11-16(12-10-14)27-21-29-19(24-13-17-7-4-8-18(23)25-17)28-20(30-21)26-15-5-2-1-3-6-15;;/h1-12H,13H2,(H2,23,25)(H3,24,26,27,28,29,30);2*1H. The second-order valence-corrected chi connectivity index (χ2v) is 6.34. The molecule has 5 N–H and O–H groups in total. The summed E-state index contributed by atoms with van der Waals surface area (Å²) in [6.45, 7) is 0.385. The fourth-order valence-electron chi connectivity index (χ4n) is 2.65. The van der Waals surface area contributed by atoms with E-state index in [-0.39, 0.29) is 30.6 Å². The lowest BCUT2D eigenvalue weighted by atomic mass is 10.3. The molecule has 2 heterocycles. The largest absolute Gasteiger partial charge is 0.384 e. The van der Waals surface area contributed by atoms with Crippen LogP contribution in [0.3, 0.4) is 0 Å². The third-order valence-corrected chi connectivity index (χ3v) is 4.02. The lowest BCUT2D eigenvalue weighted by Gasteiger charge is -2.11. The van der Waals surface area contributed by atoms with Gasteiger partial charge < -0.3 is 21.7 Å². The summed E-state index contributed by atoms with van der Waals surface area (Å²) in [7, 11) is 0. The van der Waals surface area contributed by atoms with Crippen LogP contribution in [0.1, 0.15) is 5.69 Å². The molecule has 166 valence electrons. The summed E-state index contributed by atoms with van der Waals surface area (Å²) in [4.78, 5) is 17.5. The van der Waals surface area contributed by atoms with Crippen LogP contribution >= 0.6 is 24.8 Å². The van der Waals surface area contributed by atoms with Crippen molar-refractivity contribution in [3.8, 4) is 0 Å². The average molecular weight is 475 g/mol. The van der Waals surface area contributed by atoms with Crippen LogP contribution in [0.2, 0.25) is 0 Å². The Kier molecular flexibility index (Phi) is 8.94. The normalized spacial score (nSPS) is 9.78. The van der Waals surface area contributed by atoms with Crippen molar-refractivity contribution in [2.24, 2.45) is 0 Å². The zero-order valence-electron chi connectivity index (χ0n) is 16.7. The van der Waals surface area contributed by atoms with Crippen LogP contribution in [-0.4, -0.2) is 19.9 Å². The number of benzene rings is 2. The molecule has 0 bridgehead atoms. The molecule has 2 aromatic carbocycles. The molecule has 0 fully saturated rings. The van der Waals surface area contributed by atoms with Gasteiger partial charge in [0.25, 0.3) is 0 Å². The third kappa shape index (κ3) is 6.93. The number of nitrogen functional groups attached to an aromatic ring is 1. The van der Waals surface area contributed by atoms with Gasteiger partial charge in [0.15, 0.2) is 0 Å². The van der Waals surface area contributed by atoms with Crippen molar-refractivity contribution in [3.63, 3.8) is 0 Å². The number of pyridine rings is 1. The van der Waals surface area contributed by atoms with Crippen molar-refractivity contribution in [1.82, 2.24) is 19.9 Å². The minimum Gasteiger partial charge on any atom is -0.384 e. The molecule has 0 aliphatic carbocycles. The number of nitrogens with one attached hydrogen (secondary N) is 3. The molecule has 0 atom stereocenters. The first-order valence-corrected chi connectivity index (χ1v) is 9.20. The van der Waals surface area contributed by atoms with Crippen LogP contribution < -0.4 is 21.7 Å². The summed E-state index contributed by atoms with van der Waals surface area (Å²) in [6.07, 6.45) is 0. The summed E-state index contributed by atoms with van der Waals surface area (Å²) < 4.78 is 13.2. The van der Waals surface area contributed by atoms with Gasteiger partial charge in [0.1, 0.15) is 11.6 Å². The molecule has 0 saturated heterocycles. The zero-order valence-corrected chi connectivity index (χ0v) is 18.3. The molecule has 8 nitrogen and oxygen atoms in total. The molecule has 0 amide bonds. The van der Waals surface area contributed by atoms with E-state index < -0.39 is 0 Å². The number of hydrogen-bond donors (Lipinski definition) is 4. The van der Waals surface area contributed by atoms with Crippen molar-refractivity contribution in [1.29, 1.82) is 0 Å². The van der Waals surface area contributed by atoms with Gasteiger partial charge in [-0.15, -0.1) is 24.8 Å². The molecule has 2 aromatic heterocycles. The second-order valence-electron chi connectivity index (χ2n) is 6.34. The molecule has 32 heavy (non-hydrogen) atoms. The number of aromatic nitrogens is 4. The van der Waals surface area contributed by atoms with Gasteiger partial charge in [-0.1, -0.05) is 24.3 Å². The zero-order chi connectivity index (χ0) is 20.8. The maximum Gasteiger partial charge on any atom is 0.233 e. The Hall–Kier alpha value is -3.69. The smallest absolute Gasteiger partial charge is 0.233 e. The van der Waals surface area contributed by atoms with Gasteiger partial charge in [0.05, 0.1) is 12.2 Å². The van der Waals surface area contributed by atoms with E-state index in [1.807, 2.05) is 42.5 Å². The summed E-state index contributed by atoms with van der Waals surface area (Å²) in [5.74, 6) is 1.12. The number of para-hydroxylation sites is 1. The van der Waals surface area contributed by atoms with E-state index in [1.54, 1.807) is 18.2 Å². The first kappa shape index (κ1) is 24.6. The van der Waals surface area contributed by atoms with Crippen molar-refractivity contribution in [3.05, 3.63) is 84.3 Å². The molecule has 4 aromatic rings. The first-order valence-electron chi connectivity index (χ1n) is 9.20. The molecule has 11 heteroatoms. The number of rotatable bonds is 7. The van der Waals surface area contributed by atoms with Gasteiger partial charge >= 0.3 is 0 Å². The Labute approximate surface area is 196 Å². The molecule has 0 saturated carbocycles. The molecule has 0 aliphatic rings. The monoisotopic (exact) mass is 474 g/mol. The Morgan fingerprint density at radius 2 is 1.25 bits per heavy atom. The van der Waals surface area contributed by atoms with Crippen LogP contribution in [-0.2, 0) is 6.54 Å². The van der Waals surface area contributed by atoms with Crippen molar-refractivity contribution in [2.75, 3.05) is 21.7 Å². The maximum absolute atomic E-state index is 13.2. The summed E-state index contributed by atoms with van der Waals surface area (Å²) in [5.41, 5.74) is 7.97. The molecule has 0 spiro atoms. The minimum absolute atomic E-state index is 0. The highest BCUT2D eigenvalue weighted by atomic mass is 35.5. The minimum atomic E-state index is -0.320. The SMILES string of the molecule is Cl.Cl.Nc1cccc(CNc2nc(Nc3ccccc3)nc(Nc3ccc(F)cc3)n2)n1. The molecular formula is C21H21Cl2FN8. The van der Waals surface area contributed by atoms with Gasteiger partial charge in [-0.05, 0) is 48.5 Å². The number of nitrogens with zero attached hydrogens (tertiary/aromatic N) is 4. The Balaban J connectivity index is 0.00000181. The van der Waals surface area contributed by atoms with E-state index in [4.69, 9.17) is 5.73 Å². The van der Waals surface area contributed by atoms with Gasteiger partial charge in [0.2, 0.25) is 17.8 Å². The van der Waals surface area contributed by atoms with Crippen LogP contribution in [0.25, 0.3) is 0 Å². The molecule has 4 rings (SSSR count). The Bertz CT molecular complexity index is 1130. The van der Waals surface area contributed by atoms with E-state index in [2.05, 4.69) is 35.9 Å². The maximum atomic E-state index is 13.2. The fraction of sp³-hybridized carbons (Fsp3) is 0.0476. The fourth-order valence-corrected chi connectivity index (χ4v) is 2.65. The quantitative estimate of drug-likeness (QED) is 0.298. The molecule has 0 aliphatic heterocycles. The van der Waals surface area contributed by atoms with Gasteiger partial charge in [-0.2, -0.15) is 15.0 Å². The van der Waals surface area contributed by atoms with E-state index in [0.29, 0.717) is 35.9 Å². The summed E-state index contributed by atoms with van der Waals surface area (Å²) >= 11 is 0. The highest BCUT2D eigenvalue weighted by Crippen LogP contribution is 2.19. The topological polar surface area (TPSA) is 114 Å². The number of hydrogen-bond acceptors (Lipinski definition) is 8. The van der Waals surface area contributed by atoms with Crippen molar-refractivity contribution >= 4 is 59.9 Å². The number of halogens is 3. The summed E-state index contributed by atoms with van der Waals surface area (Å²) in [5, 5.41) is 9.34. The van der Waals surface area contributed by atoms with Crippen LogP contribution in [0.4, 0.5) is 39.4 Å². The highest BCUT2D eigenvalue weighted by Gasteiger charge is 2.08. The van der Waals surface area contributed by atoms with Crippen molar-refractivity contribution < 1.29 is 4.39 Å². The number of nitrogens with two attached hydrogens (primary N) is 1. The average Bonchev–Trinajstić information content (AvgIpc) is 2.75. The highest BCUT2D eigenvalue weighted by molar-refractivity contribution is 5.85. The van der Waals surface area contributed by atoms with E-state index >= 15 is 0 Å². The second kappa shape index (κ2) is 11.6. The molecule has 0 radical (unpaired) electrons. The van der Waals surface area contributed by atoms with E-state index in [0.717, 1.165) is 11.4 Å². The van der Waals surface area contributed by atoms with Gasteiger partial charge in [0, 0.05) is 11.4 Å². The molecular weight excluding hydrogens is 454 g/mol. The lowest BCUT2D eigenvalue weighted by molar-refractivity contribution is 0.628. The van der Waals surface area contributed by atoms with Gasteiger partial charge in [-0.25, -0.2) is 9.37 Å². The van der Waals surface area contributed by atoms with Crippen molar-refractivity contribution in [2.45, 2.75) is 6.54 Å². The van der Waals surface area contributed by atoms with Crippen LogP contribution in [0, 0.1) is 5.82 Å². The predicted octanol–water partition coefficient (Wildman–Crippen LogP) is 4.93. The third-order valence-electron chi connectivity index (χ3n) is 4.02. The van der Waals surface area contributed by atoms with Gasteiger partial charge in [-0.3, -0.25) is 0 Å². The van der Waals surface area contributed by atoms with E-state index in [1.165, 1.54) is 12.1 Å². The first-order chi connectivity index (χ1) is 14.6.